The second-order valence-corrected chi connectivity index (χ2v) is 5.97. The van der Waals surface area contributed by atoms with Crippen LogP contribution in [0.25, 0.3) is 22.0 Å². The maximum absolute atomic E-state index is 12.2. The monoisotopic (exact) mass is 384 g/mol. The first-order valence-corrected chi connectivity index (χ1v) is 7.70. The lowest BCUT2D eigenvalue weighted by Crippen LogP contribution is -1.93. The number of hydrogen-bond donors (Lipinski definition) is 2. The number of carbonyl (C=O) groups is 1. The molecule has 4 aromatic rings. The minimum atomic E-state index is -0.536. The van der Waals surface area contributed by atoms with E-state index >= 15 is 0 Å². The van der Waals surface area contributed by atoms with Crippen molar-refractivity contribution in [2.45, 2.75) is 0 Å². The largest absolute Gasteiger partial charge is 0.493 e. The van der Waals surface area contributed by atoms with E-state index in [1.165, 1.54) is 6.39 Å². The van der Waals surface area contributed by atoms with Crippen molar-refractivity contribution < 1.29 is 14.3 Å². The molecule has 0 unspecified atom stereocenters. The lowest BCUT2D eigenvalue weighted by Gasteiger charge is -1.95. The number of nitrogens with zero attached hydrogens (tertiary/aromatic N) is 3. The Kier molecular flexibility index (Phi) is 3.39. The smallest absolute Gasteiger partial charge is 0.295 e. The molecule has 0 aliphatic heterocycles. The molecule has 2 aromatic carbocycles. The Morgan fingerprint density at radius 3 is 3.00 bits per heavy atom. The second kappa shape index (κ2) is 5.57. The molecule has 0 atom stereocenters. The van der Waals surface area contributed by atoms with E-state index in [1.807, 2.05) is 6.07 Å². The first-order chi connectivity index (χ1) is 11.6. The van der Waals surface area contributed by atoms with Gasteiger partial charge >= 0.3 is 0 Å². The average molecular weight is 385 g/mol. The number of aromatic nitrogens is 2. The number of aromatic hydroxyl groups is 1. The molecule has 0 saturated carbocycles. The summed E-state index contributed by atoms with van der Waals surface area (Å²) in [5, 5.41) is 18.2. The van der Waals surface area contributed by atoms with Crippen molar-refractivity contribution in [3.05, 3.63) is 52.8 Å². The predicted molar refractivity (Wildman–Crippen MR) is 90.5 cm³/mol. The van der Waals surface area contributed by atoms with Gasteiger partial charge in [-0.2, -0.15) is 0 Å². The van der Waals surface area contributed by atoms with Crippen LogP contribution in [0.5, 0.6) is 5.88 Å². The van der Waals surface area contributed by atoms with Crippen molar-refractivity contribution >= 4 is 49.5 Å². The Morgan fingerprint density at radius 1 is 1.25 bits per heavy atom. The normalized spacial score (nSPS) is 11.7. The molecule has 0 fully saturated rings. The summed E-state index contributed by atoms with van der Waals surface area (Å²) in [6.07, 6.45) is 1.31. The van der Waals surface area contributed by atoms with Crippen molar-refractivity contribution in [2.75, 3.05) is 0 Å². The molecule has 118 valence electrons. The van der Waals surface area contributed by atoms with E-state index in [0.717, 1.165) is 4.47 Å². The highest BCUT2D eigenvalue weighted by Gasteiger charge is 2.12. The fourth-order valence-corrected chi connectivity index (χ4v) is 2.75. The minimum absolute atomic E-state index is 0.147. The summed E-state index contributed by atoms with van der Waals surface area (Å²) < 4.78 is 5.99. The van der Waals surface area contributed by atoms with Gasteiger partial charge in [0.05, 0.1) is 5.52 Å². The average Bonchev–Trinajstić information content (AvgIpc) is 3.15. The maximum atomic E-state index is 12.2. The zero-order valence-corrected chi connectivity index (χ0v) is 13.6. The van der Waals surface area contributed by atoms with Gasteiger partial charge in [-0.15, -0.1) is 10.2 Å². The van der Waals surface area contributed by atoms with Gasteiger partial charge in [-0.3, -0.25) is 4.79 Å². The van der Waals surface area contributed by atoms with Crippen molar-refractivity contribution in [3.63, 3.8) is 0 Å². The van der Waals surface area contributed by atoms with Crippen LogP contribution in [0.2, 0.25) is 0 Å². The number of fused-ring (bicyclic) bond motifs is 2. The van der Waals surface area contributed by atoms with Gasteiger partial charge in [0, 0.05) is 15.4 Å². The fraction of sp³-hybridized carbons (Fsp3) is 0. The molecule has 1 amide bonds. The summed E-state index contributed by atoms with van der Waals surface area (Å²) in [5.74, 6) is -0.683. The number of carbonyl (C=O) groups excluding carboxylic acids is 1. The first-order valence-electron chi connectivity index (χ1n) is 6.91. The quantitative estimate of drug-likeness (QED) is 0.488. The van der Waals surface area contributed by atoms with Gasteiger partial charge in [0.2, 0.25) is 5.88 Å². The van der Waals surface area contributed by atoms with Crippen LogP contribution in [0.1, 0.15) is 10.4 Å². The zero-order valence-electron chi connectivity index (χ0n) is 12.0. The van der Waals surface area contributed by atoms with Crippen LogP contribution < -0.4 is 0 Å². The lowest BCUT2D eigenvalue weighted by atomic mass is 10.2. The molecule has 24 heavy (non-hydrogen) atoms. The molecular formula is C16H9BrN4O3. The Morgan fingerprint density at radius 2 is 2.12 bits per heavy atom. The summed E-state index contributed by atoms with van der Waals surface area (Å²) in [4.78, 5) is 19.0. The molecule has 0 spiro atoms. The summed E-state index contributed by atoms with van der Waals surface area (Å²) in [6, 6.07) is 10.2. The standard InChI is InChI=1S/C16H9BrN4O3/c17-9-2-3-10-11(6-9)19-16(23)14(10)20-21-15(22)8-1-4-13-12(5-8)18-7-24-13/h1-7,19,23H. The van der Waals surface area contributed by atoms with E-state index in [-0.39, 0.29) is 11.6 Å². The van der Waals surface area contributed by atoms with Crippen molar-refractivity contribution in [1.29, 1.82) is 0 Å². The number of nitrogens with one attached hydrogen (secondary N) is 1. The Bertz CT molecular complexity index is 1110. The summed E-state index contributed by atoms with van der Waals surface area (Å²) >= 11 is 3.35. The third kappa shape index (κ3) is 2.46. The van der Waals surface area contributed by atoms with Gasteiger partial charge in [0.1, 0.15) is 5.52 Å². The Balaban J connectivity index is 1.69. The lowest BCUT2D eigenvalue weighted by molar-refractivity contribution is 0.0995. The molecule has 4 rings (SSSR count). The summed E-state index contributed by atoms with van der Waals surface area (Å²) in [7, 11) is 0. The molecule has 0 radical (unpaired) electrons. The molecule has 0 bridgehead atoms. The molecule has 2 heterocycles. The summed E-state index contributed by atoms with van der Waals surface area (Å²) in [6.45, 7) is 0. The van der Waals surface area contributed by atoms with Crippen LogP contribution in [-0.4, -0.2) is 21.0 Å². The Hall–Kier alpha value is -3.00. The van der Waals surface area contributed by atoms with Gasteiger partial charge < -0.3 is 14.5 Å². The van der Waals surface area contributed by atoms with E-state index in [1.54, 1.807) is 30.3 Å². The number of H-pyrrole nitrogens is 1. The fourth-order valence-electron chi connectivity index (χ4n) is 2.39. The number of amides is 1. The number of azo groups is 1. The van der Waals surface area contributed by atoms with E-state index in [2.05, 4.69) is 36.1 Å². The molecule has 0 aliphatic rings. The van der Waals surface area contributed by atoms with Crippen molar-refractivity contribution in [2.24, 2.45) is 10.2 Å². The molecule has 2 aromatic heterocycles. The van der Waals surface area contributed by atoms with Crippen LogP contribution in [0.3, 0.4) is 0 Å². The zero-order chi connectivity index (χ0) is 16.7. The van der Waals surface area contributed by atoms with E-state index in [9.17, 15) is 9.90 Å². The van der Waals surface area contributed by atoms with Gasteiger partial charge in [-0.1, -0.05) is 15.9 Å². The van der Waals surface area contributed by atoms with Gasteiger partial charge in [-0.25, -0.2) is 4.98 Å². The van der Waals surface area contributed by atoms with Crippen LogP contribution >= 0.6 is 15.9 Å². The molecule has 0 aliphatic carbocycles. The number of halogens is 1. The predicted octanol–water partition coefficient (Wildman–Crippen LogP) is 4.70. The van der Waals surface area contributed by atoms with Gasteiger partial charge in [0.25, 0.3) is 5.91 Å². The van der Waals surface area contributed by atoms with E-state index in [0.29, 0.717) is 27.6 Å². The third-order valence-electron chi connectivity index (χ3n) is 3.53. The summed E-state index contributed by atoms with van der Waals surface area (Å²) in [5.41, 5.74) is 2.39. The highest BCUT2D eigenvalue weighted by molar-refractivity contribution is 9.10. The first kappa shape index (κ1) is 14.6. The number of hydrogen-bond acceptors (Lipinski definition) is 5. The molecule has 7 nitrogen and oxygen atoms in total. The number of benzene rings is 2. The second-order valence-electron chi connectivity index (χ2n) is 5.05. The van der Waals surface area contributed by atoms with Crippen LogP contribution in [-0.2, 0) is 0 Å². The van der Waals surface area contributed by atoms with Gasteiger partial charge in [0.15, 0.2) is 17.7 Å². The highest BCUT2D eigenvalue weighted by Crippen LogP contribution is 2.36. The van der Waals surface area contributed by atoms with E-state index in [4.69, 9.17) is 4.42 Å². The molecule has 2 N–H and O–H groups in total. The number of aromatic amines is 1. The highest BCUT2D eigenvalue weighted by atomic mass is 79.9. The number of oxazole rings is 1. The molecule has 8 heteroatoms. The Labute approximate surface area is 143 Å². The van der Waals surface area contributed by atoms with Crippen LogP contribution in [0.4, 0.5) is 5.69 Å². The molecule has 0 saturated heterocycles. The van der Waals surface area contributed by atoms with Crippen LogP contribution in [0, 0.1) is 0 Å². The third-order valence-corrected chi connectivity index (χ3v) is 4.03. The topological polar surface area (TPSA) is 104 Å². The van der Waals surface area contributed by atoms with Gasteiger partial charge in [-0.05, 0) is 36.4 Å². The van der Waals surface area contributed by atoms with Crippen molar-refractivity contribution in [3.8, 4) is 5.88 Å². The maximum Gasteiger partial charge on any atom is 0.295 e. The SMILES string of the molecule is O=C(N=Nc1c(O)[nH]c2cc(Br)ccc12)c1ccc2ocnc2c1. The number of rotatable bonds is 2. The van der Waals surface area contributed by atoms with E-state index < -0.39 is 5.91 Å². The minimum Gasteiger partial charge on any atom is -0.493 e. The molecular weight excluding hydrogens is 376 g/mol. The van der Waals surface area contributed by atoms with Crippen LogP contribution in [0.15, 0.2) is 61.9 Å². The van der Waals surface area contributed by atoms with Crippen molar-refractivity contribution in [1.82, 2.24) is 9.97 Å².